The summed E-state index contributed by atoms with van der Waals surface area (Å²) in [5, 5.41) is 8.80. The quantitative estimate of drug-likeness (QED) is 0.856. The van der Waals surface area contributed by atoms with Gasteiger partial charge in [0, 0.05) is 12.7 Å². The minimum absolute atomic E-state index is 0.0450. The lowest BCUT2D eigenvalue weighted by Gasteiger charge is -2.18. The minimum atomic E-state index is -2.49. The van der Waals surface area contributed by atoms with Crippen molar-refractivity contribution in [1.82, 2.24) is 4.98 Å². The van der Waals surface area contributed by atoms with Crippen LogP contribution in [0.25, 0.3) is 0 Å². The van der Waals surface area contributed by atoms with E-state index >= 15 is 0 Å². The highest BCUT2D eigenvalue weighted by atomic mass is 19.3. The van der Waals surface area contributed by atoms with Crippen LogP contribution in [0.2, 0.25) is 0 Å². The van der Waals surface area contributed by atoms with Crippen LogP contribution in [0.4, 0.5) is 14.6 Å². The minimum Gasteiger partial charge on any atom is -0.478 e. The molecule has 0 unspecified atom stereocenters. The second kappa shape index (κ2) is 4.87. The summed E-state index contributed by atoms with van der Waals surface area (Å²) in [4.78, 5) is 16.0. The Hall–Kier alpha value is -1.72. The van der Waals surface area contributed by atoms with Gasteiger partial charge in [-0.3, -0.25) is 0 Å². The maximum atomic E-state index is 12.1. The summed E-state index contributed by atoms with van der Waals surface area (Å²) < 4.78 is 24.3. The summed E-state index contributed by atoms with van der Waals surface area (Å²) in [7, 11) is 1.44. The molecule has 1 aromatic rings. The van der Waals surface area contributed by atoms with Gasteiger partial charge in [-0.15, -0.1) is 0 Å². The number of aromatic nitrogens is 1. The number of aromatic carboxylic acids is 1. The number of alkyl halides is 2. The molecule has 0 aliphatic rings. The average molecular weight is 230 g/mol. The highest BCUT2D eigenvalue weighted by Gasteiger charge is 2.13. The Kier molecular flexibility index (Phi) is 3.76. The molecule has 1 aromatic heterocycles. The van der Waals surface area contributed by atoms with Gasteiger partial charge in [0.1, 0.15) is 5.82 Å². The second-order valence-electron chi connectivity index (χ2n) is 3.43. The highest BCUT2D eigenvalue weighted by molar-refractivity contribution is 5.88. The first-order valence-corrected chi connectivity index (χ1v) is 4.61. The zero-order valence-corrected chi connectivity index (χ0v) is 8.94. The molecule has 0 bridgehead atoms. The molecular formula is C10H12F2N2O2. The standard InChI is InChI=1S/C10H12F2N2O2/c1-6-3-7(10(15)16)4-9(13-6)14(2)5-8(11)12/h3-4,8H,5H2,1-2H3,(H,15,16). The molecule has 1 heterocycles. The Morgan fingerprint density at radius 1 is 1.56 bits per heavy atom. The SMILES string of the molecule is Cc1cc(C(=O)O)cc(N(C)CC(F)F)n1. The molecule has 4 nitrogen and oxygen atoms in total. The van der Waals surface area contributed by atoms with Crippen molar-refractivity contribution in [3.8, 4) is 0 Å². The van der Waals surface area contributed by atoms with Crippen LogP contribution in [0, 0.1) is 6.92 Å². The molecule has 1 rings (SSSR count). The molecule has 0 fully saturated rings. The molecule has 0 radical (unpaired) electrons. The van der Waals surface area contributed by atoms with E-state index in [1.165, 1.54) is 24.1 Å². The summed E-state index contributed by atoms with van der Waals surface area (Å²) in [5.74, 6) is -0.866. The van der Waals surface area contributed by atoms with E-state index in [4.69, 9.17) is 5.11 Å². The van der Waals surface area contributed by atoms with Gasteiger partial charge in [-0.05, 0) is 19.1 Å². The largest absolute Gasteiger partial charge is 0.478 e. The lowest BCUT2D eigenvalue weighted by atomic mass is 10.2. The number of halogens is 2. The second-order valence-corrected chi connectivity index (χ2v) is 3.43. The molecule has 1 N–H and O–H groups in total. The number of nitrogens with zero attached hydrogens (tertiary/aromatic N) is 2. The van der Waals surface area contributed by atoms with E-state index in [-0.39, 0.29) is 11.4 Å². The molecule has 0 aromatic carbocycles. The van der Waals surface area contributed by atoms with Crippen LogP contribution in [0.1, 0.15) is 16.1 Å². The Bertz CT molecular complexity index is 396. The van der Waals surface area contributed by atoms with E-state index < -0.39 is 18.9 Å². The molecule has 0 saturated heterocycles. The van der Waals surface area contributed by atoms with Gasteiger partial charge in [-0.25, -0.2) is 18.6 Å². The van der Waals surface area contributed by atoms with Crippen molar-refractivity contribution < 1.29 is 18.7 Å². The van der Waals surface area contributed by atoms with E-state index in [9.17, 15) is 13.6 Å². The van der Waals surface area contributed by atoms with Crippen LogP contribution in [0.5, 0.6) is 0 Å². The van der Waals surface area contributed by atoms with Crippen molar-refractivity contribution in [2.75, 3.05) is 18.5 Å². The summed E-state index contributed by atoms with van der Waals surface area (Å²) in [6.45, 7) is 1.14. The predicted octanol–water partition coefficient (Wildman–Crippen LogP) is 1.79. The summed E-state index contributed by atoms with van der Waals surface area (Å²) in [6, 6.07) is 2.67. The lowest BCUT2D eigenvalue weighted by molar-refractivity contribution is 0.0696. The molecule has 88 valence electrons. The number of carboxylic acids is 1. The Morgan fingerprint density at radius 2 is 2.19 bits per heavy atom. The highest BCUT2D eigenvalue weighted by Crippen LogP contribution is 2.14. The number of pyridine rings is 1. The van der Waals surface area contributed by atoms with Crippen LogP contribution in [0.15, 0.2) is 12.1 Å². The van der Waals surface area contributed by atoms with E-state index in [0.29, 0.717) is 5.69 Å². The molecule has 0 atom stereocenters. The smallest absolute Gasteiger partial charge is 0.335 e. The maximum Gasteiger partial charge on any atom is 0.335 e. The van der Waals surface area contributed by atoms with Crippen molar-refractivity contribution >= 4 is 11.8 Å². The fourth-order valence-electron chi connectivity index (χ4n) is 1.27. The van der Waals surface area contributed by atoms with Gasteiger partial charge in [0.05, 0.1) is 12.1 Å². The number of aryl methyl sites for hydroxylation is 1. The van der Waals surface area contributed by atoms with Crippen LogP contribution < -0.4 is 4.90 Å². The first kappa shape index (κ1) is 12.4. The van der Waals surface area contributed by atoms with Crippen molar-refractivity contribution in [2.45, 2.75) is 13.3 Å². The van der Waals surface area contributed by atoms with Crippen molar-refractivity contribution in [2.24, 2.45) is 0 Å². The molecular weight excluding hydrogens is 218 g/mol. The number of hydrogen-bond acceptors (Lipinski definition) is 3. The zero-order valence-electron chi connectivity index (χ0n) is 8.94. The molecule has 0 amide bonds. The van der Waals surface area contributed by atoms with Gasteiger partial charge in [-0.1, -0.05) is 0 Å². The van der Waals surface area contributed by atoms with Gasteiger partial charge in [0.2, 0.25) is 0 Å². The van der Waals surface area contributed by atoms with Crippen molar-refractivity contribution in [3.05, 3.63) is 23.4 Å². The third-order valence-corrected chi connectivity index (χ3v) is 1.99. The van der Waals surface area contributed by atoms with Gasteiger partial charge < -0.3 is 10.0 Å². The van der Waals surface area contributed by atoms with Gasteiger partial charge in [0.25, 0.3) is 6.43 Å². The fraction of sp³-hybridized carbons (Fsp3) is 0.400. The number of rotatable bonds is 4. The third-order valence-electron chi connectivity index (χ3n) is 1.99. The monoisotopic (exact) mass is 230 g/mol. The Balaban J connectivity index is 3.00. The van der Waals surface area contributed by atoms with Gasteiger partial charge in [-0.2, -0.15) is 0 Å². The number of anilines is 1. The normalized spacial score (nSPS) is 10.6. The number of carbonyl (C=O) groups is 1. The van der Waals surface area contributed by atoms with Crippen LogP contribution in [-0.4, -0.2) is 36.1 Å². The first-order chi connectivity index (χ1) is 7.40. The Labute approximate surface area is 91.5 Å². The van der Waals surface area contributed by atoms with Crippen molar-refractivity contribution in [3.63, 3.8) is 0 Å². The van der Waals surface area contributed by atoms with Crippen LogP contribution in [0.3, 0.4) is 0 Å². The van der Waals surface area contributed by atoms with E-state index in [0.717, 1.165) is 0 Å². The first-order valence-electron chi connectivity index (χ1n) is 4.61. The number of hydrogen-bond donors (Lipinski definition) is 1. The molecule has 6 heteroatoms. The Morgan fingerprint density at radius 3 is 2.69 bits per heavy atom. The lowest BCUT2D eigenvalue weighted by Crippen LogP contribution is -2.25. The summed E-state index contributed by atoms with van der Waals surface area (Å²) in [5.41, 5.74) is 0.527. The van der Waals surface area contributed by atoms with Gasteiger partial charge in [0.15, 0.2) is 0 Å². The molecule has 0 saturated carbocycles. The molecule has 0 aliphatic carbocycles. The van der Waals surface area contributed by atoms with E-state index in [1.54, 1.807) is 6.92 Å². The third kappa shape index (κ3) is 3.15. The molecule has 0 aliphatic heterocycles. The van der Waals surface area contributed by atoms with E-state index in [2.05, 4.69) is 4.98 Å². The topological polar surface area (TPSA) is 53.4 Å². The van der Waals surface area contributed by atoms with Gasteiger partial charge >= 0.3 is 5.97 Å². The van der Waals surface area contributed by atoms with Crippen LogP contribution in [-0.2, 0) is 0 Å². The van der Waals surface area contributed by atoms with Crippen molar-refractivity contribution in [1.29, 1.82) is 0 Å². The summed E-state index contributed by atoms with van der Waals surface area (Å²) in [6.07, 6.45) is -2.49. The molecule has 0 spiro atoms. The molecule has 16 heavy (non-hydrogen) atoms. The average Bonchev–Trinajstić information content (AvgIpc) is 2.15. The van der Waals surface area contributed by atoms with Crippen LogP contribution >= 0.6 is 0 Å². The maximum absolute atomic E-state index is 12.1. The fourth-order valence-corrected chi connectivity index (χ4v) is 1.27. The zero-order chi connectivity index (χ0) is 12.3. The predicted molar refractivity (Wildman–Crippen MR) is 55.2 cm³/mol. The van der Waals surface area contributed by atoms with E-state index in [1.807, 2.05) is 0 Å². The number of carboxylic acid groups (broad SMARTS) is 1. The summed E-state index contributed by atoms with van der Waals surface area (Å²) >= 11 is 0.